The van der Waals surface area contributed by atoms with Gasteiger partial charge in [-0.15, -0.1) is 0 Å². The van der Waals surface area contributed by atoms with Crippen molar-refractivity contribution in [2.75, 3.05) is 5.33 Å². The van der Waals surface area contributed by atoms with E-state index in [0.29, 0.717) is 17.3 Å². The molecule has 0 radical (unpaired) electrons. The molecular weight excluding hydrogens is 268 g/mol. The molecule has 0 amide bonds. The zero-order valence-corrected chi connectivity index (χ0v) is 10.5. The molecule has 2 rings (SSSR count). The van der Waals surface area contributed by atoms with Crippen LogP contribution in [0.1, 0.15) is 18.4 Å². The predicted octanol–water partition coefficient (Wildman–Crippen LogP) is 3.17. The summed E-state index contributed by atoms with van der Waals surface area (Å²) in [4.78, 5) is 11.6. The SMILES string of the molecule is C=C1CC[C@@](CBr)(c2ccccc2)OC1=O. The lowest BCUT2D eigenvalue weighted by Crippen LogP contribution is -2.38. The highest BCUT2D eigenvalue weighted by molar-refractivity contribution is 9.09. The summed E-state index contributed by atoms with van der Waals surface area (Å²) in [5.41, 5.74) is 1.07. The molecule has 16 heavy (non-hydrogen) atoms. The van der Waals surface area contributed by atoms with Gasteiger partial charge in [0, 0.05) is 10.9 Å². The van der Waals surface area contributed by atoms with Gasteiger partial charge in [0.25, 0.3) is 0 Å². The summed E-state index contributed by atoms with van der Waals surface area (Å²) in [6, 6.07) is 9.84. The molecule has 0 unspecified atom stereocenters. The lowest BCUT2D eigenvalue weighted by atomic mass is 9.87. The fourth-order valence-corrected chi connectivity index (χ4v) is 2.59. The summed E-state index contributed by atoms with van der Waals surface area (Å²) in [7, 11) is 0. The lowest BCUT2D eigenvalue weighted by Gasteiger charge is -2.36. The van der Waals surface area contributed by atoms with Gasteiger partial charge in [0.1, 0.15) is 5.60 Å². The van der Waals surface area contributed by atoms with E-state index < -0.39 is 5.60 Å². The second kappa shape index (κ2) is 4.42. The highest BCUT2D eigenvalue weighted by Gasteiger charge is 2.39. The Labute approximate surface area is 103 Å². The molecular formula is C13H13BrO2. The molecule has 1 fully saturated rings. The average Bonchev–Trinajstić information content (AvgIpc) is 2.34. The van der Waals surface area contributed by atoms with Crippen molar-refractivity contribution in [3.8, 4) is 0 Å². The molecule has 1 aliphatic heterocycles. The number of carbonyl (C=O) groups excluding carboxylic acids is 1. The molecule has 84 valence electrons. The van der Waals surface area contributed by atoms with Crippen molar-refractivity contribution in [1.82, 2.24) is 0 Å². The summed E-state index contributed by atoms with van der Waals surface area (Å²) >= 11 is 3.45. The van der Waals surface area contributed by atoms with Crippen LogP contribution in [0.4, 0.5) is 0 Å². The fraction of sp³-hybridized carbons (Fsp3) is 0.308. The Balaban J connectivity index is 2.34. The quantitative estimate of drug-likeness (QED) is 0.473. The normalized spacial score (nSPS) is 25.3. The largest absolute Gasteiger partial charge is 0.450 e. The third-order valence-electron chi connectivity index (χ3n) is 2.92. The molecule has 0 aromatic heterocycles. The molecule has 0 spiro atoms. The van der Waals surface area contributed by atoms with E-state index in [1.54, 1.807) is 0 Å². The number of hydrogen-bond acceptors (Lipinski definition) is 2. The number of carbonyl (C=O) groups is 1. The summed E-state index contributed by atoms with van der Waals surface area (Å²) in [6.45, 7) is 3.70. The van der Waals surface area contributed by atoms with Crippen LogP contribution in [0.2, 0.25) is 0 Å². The second-order valence-electron chi connectivity index (χ2n) is 3.99. The van der Waals surface area contributed by atoms with Gasteiger partial charge in [0.05, 0.1) is 0 Å². The van der Waals surface area contributed by atoms with E-state index in [9.17, 15) is 4.79 Å². The number of benzene rings is 1. The number of halogens is 1. The number of hydrogen-bond donors (Lipinski definition) is 0. The Kier molecular flexibility index (Phi) is 3.15. The first-order chi connectivity index (χ1) is 7.68. The van der Waals surface area contributed by atoms with Crippen LogP contribution in [0.3, 0.4) is 0 Å². The molecule has 1 aromatic rings. The molecule has 0 saturated carbocycles. The highest BCUT2D eigenvalue weighted by Crippen LogP contribution is 2.38. The van der Waals surface area contributed by atoms with Crippen LogP contribution in [0.25, 0.3) is 0 Å². The van der Waals surface area contributed by atoms with Gasteiger partial charge in [-0.25, -0.2) is 4.79 Å². The van der Waals surface area contributed by atoms with Crippen LogP contribution in [0.5, 0.6) is 0 Å². The van der Waals surface area contributed by atoms with E-state index in [1.165, 1.54) is 0 Å². The van der Waals surface area contributed by atoms with Crippen LogP contribution < -0.4 is 0 Å². The molecule has 1 aromatic carbocycles. The van der Waals surface area contributed by atoms with Gasteiger partial charge in [0.15, 0.2) is 0 Å². The van der Waals surface area contributed by atoms with Crippen molar-refractivity contribution in [3.63, 3.8) is 0 Å². The summed E-state index contributed by atoms with van der Waals surface area (Å²) in [6.07, 6.45) is 1.48. The minimum atomic E-state index is -0.528. The maximum atomic E-state index is 11.6. The first kappa shape index (κ1) is 11.4. The highest BCUT2D eigenvalue weighted by atomic mass is 79.9. The maximum absolute atomic E-state index is 11.6. The van der Waals surface area contributed by atoms with Gasteiger partial charge < -0.3 is 4.74 Å². The topological polar surface area (TPSA) is 26.3 Å². The number of alkyl halides is 1. The summed E-state index contributed by atoms with van der Waals surface area (Å²) in [5, 5.41) is 0.614. The lowest BCUT2D eigenvalue weighted by molar-refractivity contribution is -0.158. The number of ether oxygens (including phenoxy) is 1. The molecule has 3 heteroatoms. The number of cyclic esters (lactones) is 1. The molecule has 1 aliphatic rings. The Morgan fingerprint density at radius 3 is 2.62 bits per heavy atom. The first-order valence-electron chi connectivity index (χ1n) is 5.20. The molecule has 0 bridgehead atoms. The maximum Gasteiger partial charge on any atom is 0.334 e. The van der Waals surface area contributed by atoms with Crippen LogP contribution in [0.15, 0.2) is 42.5 Å². The fourth-order valence-electron chi connectivity index (χ4n) is 1.87. The predicted molar refractivity (Wildman–Crippen MR) is 66.4 cm³/mol. The smallest absolute Gasteiger partial charge is 0.334 e. The van der Waals surface area contributed by atoms with Gasteiger partial charge in [-0.3, -0.25) is 0 Å². The molecule has 1 saturated heterocycles. The van der Waals surface area contributed by atoms with Gasteiger partial charge in [-0.05, 0) is 18.4 Å². The van der Waals surface area contributed by atoms with Crippen LogP contribution in [-0.4, -0.2) is 11.3 Å². The molecule has 0 N–H and O–H groups in total. The Morgan fingerprint density at radius 2 is 2.06 bits per heavy atom. The van der Waals surface area contributed by atoms with Crippen LogP contribution in [-0.2, 0) is 15.1 Å². The monoisotopic (exact) mass is 280 g/mol. The van der Waals surface area contributed by atoms with Crippen molar-refractivity contribution < 1.29 is 9.53 Å². The van der Waals surface area contributed by atoms with Crippen LogP contribution >= 0.6 is 15.9 Å². The minimum Gasteiger partial charge on any atom is -0.450 e. The minimum absolute atomic E-state index is 0.283. The third-order valence-corrected chi connectivity index (χ3v) is 3.83. The number of rotatable bonds is 2. The Hall–Kier alpha value is -1.09. The second-order valence-corrected chi connectivity index (χ2v) is 4.55. The van der Waals surface area contributed by atoms with Crippen molar-refractivity contribution >= 4 is 21.9 Å². The average molecular weight is 281 g/mol. The molecule has 1 atom stereocenters. The molecule has 1 heterocycles. The van der Waals surface area contributed by atoms with E-state index in [0.717, 1.165) is 12.0 Å². The van der Waals surface area contributed by atoms with Gasteiger partial charge in [-0.1, -0.05) is 52.8 Å². The third kappa shape index (κ3) is 1.92. The van der Waals surface area contributed by atoms with Gasteiger partial charge >= 0.3 is 5.97 Å². The number of esters is 1. The van der Waals surface area contributed by atoms with Gasteiger partial charge in [-0.2, -0.15) is 0 Å². The zero-order chi connectivity index (χ0) is 11.6. The Bertz CT molecular complexity index is 413. The molecule has 2 nitrogen and oxygen atoms in total. The van der Waals surface area contributed by atoms with E-state index in [4.69, 9.17) is 4.74 Å². The summed E-state index contributed by atoms with van der Waals surface area (Å²) in [5.74, 6) is -0.283. The first-order valence-corrected chi connectivity index (χ1v) is 6.33. The Morgan fingerprint density at radius 1 is 1.38 bits per heavy atom. The van der Waals surface area contributed by atoms with Crippen LogP contribution in [0, 0.1) is 0 Å². The molecule has 0 aliphatic carbocycles. The van der Waals surface area contributed by atoms with Crippen molar-refractivity contribution in [3.05, 3.63) is 48.0 Å². The summed E-state index contributed by atoms with van der Waals surface area (Å²) < 4.78 is 5.54. The van der Waals surface area contributed by atoms with E-state index in [1.807, 2.05) is 30.3 Å². The standard InChI is InChI=1S/C13H13BrO2/c1-10-7-8-13(9-14,16-12(10)15)11-5-3-2-4-6-11/h2-6H,1,7-9H2/t13-/m1/s1. The van der Waals surface area contributed by atoms with Crippen molar-refractivity contribution in [1.29, 1.82) is 0 Å². The van der Waals surface area contributed by atoms with E-state index in [2.05, 4.69) is 22.5 Å². The van der Waals surface area contributed by atoms with E-state index >= 15 is 0 Å². The van der Waals surface area contributed by atoms with Crippen molar-refractivity contribution in [2.45, 2.75) is 18.4 Å². The zero-order valence-electron chi connectivity index (χ0n) is 8.91. The van der Waals surface area contributed by atoms with Gasteiger partial charge in [0.2, 0.25) is 0 Å². The van der Waals surface area contributed by atoms with E-state index in [-0.39, 0.29) is 5.97 Å². The van der Waals surface area contributed by atoms with Crippen molar-refractivity contribution in [2.24, 2.45) is 0 Å².